The van der Waals surface area contributed by atoms with Gasteiger partial charge < -0.3 is 10.2 Å². The number of hydrogen-bond acceptors (Lipinski definition) is 2. The van der Waals surface area contributed by atoms with Gasteiger partial charge in [-0.3, -0.25) is 0 Å². The smallest absolute Gasteiger partial charge is 0.0104 e. The highest BCUT2D eigenvalue weighted by molar-refractivity contribution is 4.68. The number of nitrogens with one attached hydrogen (secondary N) is 1. The molecule has 0 bridgehead atoms. The fourth-order valence-corrected chi connectivity index (χ4v) is 1.93. The van der Waals surface area contributed by atoms with Gasteiger partial charge in [0.2, 0.25) is 0 Å². The zero-order valence-corrected chi connectivity index (χ0v) is 11.6. The van der Waals surface area contributed by atoms with Gasteiger partial charge in [0.1, 0.15) is 0 Å². The highest BCUT2D eigenvalue weighted by Crippen LogP contribution is 2.13. The van der Waals surface area contributed by atoms with Crippen LogP contribution in [0.25, 0.3) is 0 Å². The second-order valence-electron chi connectivity index (χ2n) is 5.77. The Labute approximate surface area is 96.4 Å². The van der Waals surface area contributed by atoms with Crippen LogP contribution in [0.4, 0.5) is 0 Å². The molecular weight excluding hydrogens is 184 g/mol. The highest BCUT2D eigenvalue weighted by Gasteiger charge is 2.13. The van der Waals surface area contributed by atoms with Gasteiger partial charge >= 0.3 is 0 Å². The molecule has 0 aromatic heterocycles. The molecule has 0 aromatic carbocycles. The first kappa shape index (κ1) is 14.9. The summed E-state index contributed by atoms with van der Waals surface area (Å²) in [6, 6.07) is 0.702. The normalized spacial score (nSPS) is 12.8. The number of rotatable bonds is 7. The number of hydrogen-bond donors (Lipinski definition) is 1. The summed E-state index contributed by atoms with van der Waals surface area (Å²) in [4.78, 5) is 2.41. The highest BCUT2D eigenvalue weighted by atomic mass is 15.1. The van der Waals surface area contributed by atoms with Crippen molar-refractivity contribution >= 4 is 0 Å². The second-order valence-corrected chi connectivity index (χ2v) is 5.77. The molecule has 1 N–H and O–H groups in total. The molecule has 0 saturated carbocycles. The predicted molar refractivity (Wildman–Crippen MR) is 69.3 cm³/mol. The van der Waals surface area contributed by atoms with Gasteiger partial charge in [0, 0.05) is 25.7 Å². The maximum absolute atomic E-state index is 3.59. The Morgan fingerprint density at radius 1 is 1.13 bits per heavy atom. The molecule has 0 radical (unpaired) electrons. The third kappa shape index (κ3) is 8.88. The summed E-state index contributed by atoms with van der Waals surface area (Å²) in [6.45, 7) is 14.8. The van der Waals surface area contributed by atoms with Crippen molar-refractivity contribution in [2.75, 3.05) is 26.7 Å². The molecule has 0 aliphatic heterocycles. The van der Waals surface area contributed by atoms with Crippen LogP contribution in [0.5, 0.6) is 0 Å². The Balaban J connectivity index is 3.58. The van der Waals surface area contributed by atoms with Crippen LogP contribution in [-0.4, -0.2) is 37.6 Å². The van der Waals surface area contributed by atoms with Crippen LogP contribution in [0.15, 0.2) is 0 Å². The maximum atomic E-state index is 3.59. The molecule has 0 heterocycles. The Kier molecular flexibility index (Phi) is 7.20. The quantitative estimate of drug-likeness (QED) is 0.701. The van der Waals surface area contributed by atoms with E-state index >= 15 is 0 Å². The molecule has 0 aliphatic carbocycles. The summed E-state index contributed by atoms with van der Waals surface area (Å²) in [7, 11) is 2.21. The van der Waals surface area contributed by atoms with Crippen molar-refractivity contribution < 1.29 is 0 Å². The molecular formula is C13H30N2. The summed E-state index contributed by atoms with van der Waals surface area (Å²) >= 11 is 0. The van der Waals surface area contributed by atoms with Crippen molar-refractivity contribution in [3.63, 3.8) is 0 Å². The lowest BCUT2D eigenvalue weighted by Gasteiger charge is -2.27. The van der Waals surface area contributed by atoms with E-state index in [-0.39, 0.29) is 0 Å². The standard InChI is InChI=1S/C13H30N2/c1-7-12(8-2)14-9-10-15(6)11-13(3,4)5/h12,14H,7-11H2,1-6H3. The molecule has 0 atom stereocenters. The van der Waals surface area contributed by atoms with E-state index in [9.17, 15) is 0 Å². The Morgan fingerprint density at radius 2 is 1.67 bits per heavy atom. The van der Waals surface area contributed by atoms with E-state index in [2.05, 4.69) is 51.9 Å². The van der Waals surface area contributed by atoms with Crippen molar-refractivity contribution in [1.29, 1.82) is 0 Å². The van der Waals surface area contributed by atoms with Gasteiger partial charge in [-0.1, -0.05) is 34.6 Å². The average Bonchev–Trinajstić information content (AvgIpc) is 2.09. The fraction of sp³-hybridized carbons (Fsp3) is 1.00. The summed E-state index contributed by atoms with van der Waals surface area (Å²) in [6.07, 6.45) is 2.47. The van der Waals surface area contributed by atoms with Crippen LogP contribution in [0.2, 0.25) is 0 Å². The van der Waals surface area contributed by atoms with E-state index in [1.807, 2.05) is 0 Å². The Hall–Kier alpha value is -0.0800. The van der Waals surface area contributed by atoms with Crippen molar-refractivity contribution in [3.8, 4) is 0 Å². The van der Waals surface area contributed by atoms with E-state index in [4.69, 9.17) is 0 Å². The lowest BCUT2D eigenvalue weighted by molar-refractivity contribution is 0.224. The van der Waals surface area contributed by atoms with E-state index in [1.54, 1.807) is 0 Å². The van der Waals surface area contributed by atoms with Crippen LogP contribution >= 0.6 is 0 Å². The van der Waals surface area contributed by atoms with Gasteiger partial charge in [-0.2, -0.15) is 0 Å². The first-order valence-corrected chi connectivity index (χ1v) is 6.31. The minimum Gasteiger partial charge on any atom is -0.313 e. The maximum Gasteiger partial charge on any atom is 0.0104 e. The molecule has 0 aromatic rings. The number of likely N-dealkylation sites (N-methyl/N-ethyl adjacent to an activating group) is 1. The molecule has 0 amide bonds. The number of nitrogens with zero attached hydrogens (tertiary/aromatic N) is 1. The topological polar surface area (TPSA) is 15.3 Å². The summed E-state index contributed by atoms with van der Waals surface area (Å²) in [5, 5.41) is 3.59. The molecule has 0 saturated heterocycles. The molecule has 15 heavy (non-hydrogen) atoms. The molecule has 0 unspecified atom stereocenters. The molecule has 0 rings (SSSR count). The van der Waals surface area contributed by atoms with Gasteiger partial charge in [0.25, 0.3) is 0 Å². The average molecular weight is 214 g/mol. The minimum atomic E-state index is 0.406. The zero-order chi connectivity index (χ0) is 11.9. The van der Waals surface area contributed by atoms with Gasteiger partial charge in [-0.25, -0.2) is 0 Å². The largest absolute Gasteiger partial charge is 0.313 e. The van der Waals surface area contributed by atoms with Crippen molar-refractivity contribution in [3.05, 3.63) is 0 Å². The van der Waals surface area contributed by atoms with E-state index in [0.717, 1.165) is 19.6 Å². The second kappa shape index (κ2) is 7.24. The van der Waals surface area contributed by atoms with Gasteiger partial charge in [-0.15, -0.1) is 0 Å². The molecule has 2 nitrogen and oxygen atoms in total. The molecule has 0 fully saturated rings. The first-order valence-electron chi connectivity index (χ1n) is 6.31. The van der Waals surface area contributed by atoms with Gasteiger partial charge in [0.05, 0.1) is 0 Å². The van der Waals surface area contributed by atoms with Crippen molar-refractivity contribution in [2.45, 2.75) is 53.5 Å². The summed E-state index contributed by atoms with van der Waals surface area (Å²) in [5.41, 5.74) is 0.406. The molecule has 92 valence electrons. The van der Waals surface area contributed by atoms with Crippen LogP contribution in [0.1, 0.15) is 47.5 Å². The monoisotopic (exact) mass is 214 g/mol. The van der Waals surface area contributed by atoms with Crippen LogP contribution < -0.4 is 5.32 Å². The third-order valence-corrected chi connectivity index (χ3v) is 2.66. The molecule has 2 heteroatoms. The fourth-order valence-electron chi connectivity index (χ4n) is 1.93. The zero-order valence-electron chi connectivity index (χ0n) is 11.6. The van der Waals surface area contributed by atoms with E-state index < -0.39 is 0 Å². The molecule has 0 spiro atoms. The third-order valence-electron chi connectivity index (χ3n) is 2.66. The lowest BCUT2D eigenvalue weighted by atomic mass is 9.96. The van der Waals surface area contributed by atoms with Crippen molar-refractivity contribution in [2.24, 2.45) is 5.41 Å². The van der Waals surface area contributed by atoms with Crippen LogP contribution in [-0.2, 0) is 0 Å². The minimum absolute atomic E-state index is 0.406. The Bertz CT molecular complexity index is 145. The predicted octanol–water partition coefficient (Wildman–Crippen LogP) is 2.74. The SMILES string of the molecule is CCC(CC)NCCN(C)CC(C)(C)C. The summed E-state index contributed by atoms with van der Waals surface area (Å²) < 4.78 is 0. The summed E-state index contributed by atoms with van der Waals surface area (Å²) in [5.74, 6) is 0. The van der Waals surface area contributed by atoms with Crippen molar-refractivity contribution in [1.82, 2.24) is 10.2 Å². The van der Waals surface area contributed by atoms with Crippen LogP contribution in [0.3, 0.4) is 0 Å². The lowest BCUT2D eigenvalue weighted by Crippen LogP contribution is -2.38. The van der Waals surface area contributed by atoms with Gasteiger partial charge in [-0.05, 0) is 25.3 Å². The van der Waals surface area contributed by atoms with E-state index in [0.29, 0.717) is 11.5 Å². The Morgan fingerprint density at radius 3 is 2.07 bits per heavy atom. The van der Waals surface area contributed by atoms with Crippen LogP contribution in [0, 0.1) is 5.41 Å². The van der Waals surface area contributed by atoms with E-state index in [1.165, 1.54) is 12.8 Å². The molecule has 0 aliphatic rings. The van der Waals surface area contributed by atoms with Gasteiger partial charge in [0.15, 0.2) is 0 Å². The first-order chi connectivity index (χ1) is 6.89.